The van der Waals surface area contributed by atoms with Crippen LogP contribution in [0, 0.1) is 0 Å². The topological polar surface area (TPSA) is 61.5 Å². The highest BCUT2D eigenvalue weighted by Gasteiger charge is 2.15. The van der Waals surface area contributed by atoms with Gasteiger partial charge in [0.05, 0.1) is 12.8 Å². The molecule has 2 aromatic carbocycles. The van der Waals surface area contributed by atoms with E-state index in [0.717, 1.165) is 5.56 Å². The van der Waals surface area contributed by atoms with E-state index in [1.807, 2.05) is 0 Å². The summed E-state index contributed by atoms with van der Waals surface area (Å²) in [6.45, 7) is 0.161. The quantitative estimate of drug-likeness (QED) is 0.693. The van der Waals surface area contributed by atoms with Crippen molar-refractivity contribution in [1.29, 1.82) is 0 Å². The Morgan fingerprint density at radius 3 is 2.55 bits per heavy atom. The van der Waals surface area contributed by atoms with Crippen molar-refractivity contribution in [3.05, 3.63) is 58.6 Å². The van der Waals surface area contributed by atoms with Gasteiger partial charge in [0, 0.05) is 5.02 Å². The predicted molar refractivity (Wildman–Crippen MR) is 78.0 cm³/mol. The van der Waals surface area contributed by atoms with Crippen LogP contribution in [-0.4, -0.2) is 13.1 Å². The first kappa shape index (κ1) is 14.2. The van der Waals surface area contributed by atoms with Gasteiger partial charge in [-0.15, -0.1) is 0 Å². The molecule has 0 spiro atoms. The molecule has 2 N–H and O–H groups in total. The van der Waals surface area contributed by atoms with E-state index in [2.05, 4.69) is 0 Å². The fourth-order valence-electron chi connectivity index (χ4n) is 1.75. The molecular weight excluding hydrogens is 278 g/mol. The van der Waals surface area contributed by atoms with Gasteiger partial charge in [-0.25, -0.2) is 4.79 Å². The Morgan fingerprint density at radius 2 is 1.90 bits per heavy atom. The molecule has 0 bridgehead atoms. The average molecular weight is 292 g/mol. The number of methoxy groups -OCH3 is 1. The second-order valence-corrected chi connectivity index (χ2v) is 4.57. The molecule has 0 unspecified atom stereocenters. The second-order valence-electron chi connectivity index (χ2n) is 4.13. The number of anilines is 1. The SMILES string of the molecule is COc1c(N)cccc1C(=O)OCc1ccc(Cl)cc1. The van der Waals surface area contributed by atoms with Gasteiger partial charge in [0.2, 0.25) is 0 Å². The van der Waals surface area contributed by atoms with Gasteiger partial charge in [-0.05, 0) is 29.8 Å². The summed E-state index contributed by atoms with van der Waals surface area (Å²) < 4.78 is 10.4. The molecule has 0 saturated heterocycles. The summed E-state index contributed by atoms with van der Waals surface area (Å²) in [7, 11) is 1.46. The summed E-state index contributed by atoms with van der Waals surface area (Å²) in [5.74, 6) is -0.155. The monoisotopic (exact) mass is 291 g/mol. The first-order valence-corrected chi connectivity index (χ1v) is 6.33. The van der Waals surface area contributed by atoms with Crippen LogP contribution in [0.2, 0.25) is 5.02 Å². The van der Waals surface area contributed by atoms with Crippen molar-refractivity contribution in [2.24, 2.45) is 0 Å². The number of carbonyl (C=O) groups excluding carboxylic acids is 1. The van der Waals surface area contributed by atoms with Gasteiger partial charge >= 0.3 is 5.97 Å². The van der Waals surface area contributed by atoms with Crippen molar-refractivity contribution in [3.63, 3.8) is 0 Å². The number of hydrogen-bond acceptors (Lipinski definition) is 4. The molecule has 104 valence electrons. The molecule has 0 heterocycles. The van der Waals surface area contributed by atoms with Crippen LogP contribution >= 0.6 is 11.6 Å². The molecule has 4 nitrogen and oxygen atoms in total. The Kier molecular flexibility index (Phi) is 4.48. The van der Waals surface area contributed by atoms with E-state index < -0.39 is 5.97 Å². The lowest BCUT2D eigenvalue weighted by Crippen LogP contribution is -2.08. The third-order valence-electron chi connectivity index (χ3n) is 2.75. The lowest BCUT2D eigenvalue weighted by molar-refractivity contribution is 0.0469. The summed E-state index contributed by atoms with van der Waals surface area (Å²) >= 11 is 5.79. The van der Waals surface area contributed by atoms with Crippen molar-refractivity contribution in [3.8, 4) is 5.75 Å². The van der Waals surface area contributed by atoms with Crippen LogP contribution in [0.3, 0.4) is 0 Å². The van der Waals surface area contributed by atoms with Crippen LogP contribution in [-0.2, 0) is 11.3 Å². The summed E-state index contributed by atoms with van der Waals surface area (Å²) in [5, 5.41) is 0.637. The van der Waals surface area contributed by atoms with E-state index in [4.69, 9.17) is 26.8 Å². The highest BCUT2D eigenvalue weighted by atomic mass is 35.5. The molecule has 0 saturated carbocycles. The smallest absolute Gasteiger partial charge is 0.342 e. The minimum absolute atomic E-state index is 0.161. The number of ether oxygens (including phenoxy) is 2. The molecule has 0 aromatic heterocycles. The fourth-order valence-corrected chi connectivity index (χ4v) is 1.88. The van der Waals surface area contributed by atoms with Gasteiger partial charge in [-0.1, -0.05) is 29.8 Å². The van der Waals surface area contributed by atoms with Crippen LogP contribution in [0.1, 0.15) is 15.9 Å². The zero-order chi connectivity index (χ0) is 14.5. The molecule has 0 aliphatic rings. The minimum atomic E-state index is -0.482. The summed E-state index contributed by atoms with van der Waals surface area (Å²) in [4.78, 5) is 12.0. The summed E-state index contributed by atoms with van der Waals surface area (Å²) in [6, 6.07) is 12.0. The largest absolute Gasteiger partial charge is 0.494 e. The number of rotatable bonds is 4. The number of benzene rings is 2. The van der Waals surface area contributed by atoms with Crippen molar-refractivity contribution >= 4 is 23.3 Å². The van der Waals surface area contributed by atoms with Gasteiger partial charge in [-0.3, -0.25) is 0 Å². The van der Waals surface area contributed by atoms with Crippen LogP contribution in [0.25, 0.3) is 0 Å². The second kappa shape index (κ2) is 6.30. The first-order chi connectivity index (χ1) is 9.61. The van der Waals surface area contributed by atoms with Gasteiger partial charge in [0.25, 0.3) is 0 Å². The molecular formula is C15H14ClNO3. The number of para-hydroxylation sites is 1. The lowest BCUT2D eigenvalue weighted by atomic mass is 10.1. The Balaban J connectivity index is 2.09. The zero-order valence-electron chi connectivity index (χ0n) is 10.9. The van der Waals surface area contributed by atoms with Crippen molar-refractivity contribution in [2.75, 3.05) is 12.8 Å². The molecule has 0 fully saturated rings. The number of halogens is 1. The highest BCUT2D eigenvalue weighted by Crippen LogP contribution is 2.26. The van der Waals surface area contributed by atoms with Crippen molar-refractivity contribution < 1.29 is 14.3 Å². The molecule has 20 heavy (non-hydrogen) atoms. The standard InChI is InChI=1S/C15H14ClNO3/c1-19-14-12(3-2-4-13(14)17)15(18)20-9-10-5-7-11(16)8-6-10/h2-8H,9,17H2,1H3. The fraction of sp³-hybridized carbons (Fsp3) is 0.133. The third kappa shape index (κ3) is 3.22. The van der Waals surface area contributed by atoms with E-state index in [-0.39, 0.29) is 6.61 Å². The Labute approximate surface area is 122 Å². The Hall–Kier alpha value is -2.20. The normalized spacial score (nSPS) is 10.1. The molecule has 0 radical (unpaired) electrons. The highest BCUT2D eigenvalue weighted by molar-refractivity contribution is 6.30. The van der Waals surface area contributed by atoms with E-state index in [0.29, 0.717) is 22.0 Å². The van der Waals surface area contributed by atoms with Crippen LogP contribution in [0.5, 0.6) is 5.75 Å². The Bertz CT molecular complexity index is 611. The van der Waals surface area contributed by atoms with E-state index in [1.165, 1.54) is 7.11 Å². The molecule has 2 rings (SSSR count). The Morgan fingerprint density at radius 1 is 1.20 bits per heavy atom. The van der Waals surface area contributed by atoms with Crippen molar-refractivity contribution in [2.45, 2.75) is 6.61 Å². The minimum Gasteiger partial charge on any atom is -0.494 e. The van der Waals surface area contributed by atoms with E-state index in [1.54, 1.807) is 42.5 Å². The number of nitrogens with two attached hydrogens (primary N) is 1. The maximum atomic E-state index is 12.0. The maximum Gasteiger partial charge on any atom is 0.342 e. The third-order valence-corrected chi connectivity index (χ3v) is 3.00. The lowest BCUT2D eigenvalue weighted by Gasteiger charge is -2.10. The number of hydrogen-bond donors (Lipinski definition) is 1. The van der Waals surface area contributed by atoms with Gasteiger partial charge in [0.15, 0.2) is 5.75 Å². The molecule has 0 amide bonds. The maximum absolute atomic E-state index is 12.0. The van der Waals surface area contributed by atoms with E-state index in [9.17, 15) is 4.79 Å². The summed E-state index contributed by atoms with van der Waals surface area (Å²) in [5.41, 5.74) is 7.30. The van der Waals surface area contributed by atoms with Crippen LogP contribution in [0.4, 0.5) is 5.69 Å². The zero-order valence-corrected chi connectivity index (χ0v) is 11.7. The van der Waals surface area contributed by atoms with E-state index >= 15 is 0 Å². The van der Waals surface area contributed by atoms with Gasteiger partial charge in [-0.2, -0.15) is 0 Å². The van der Waals surface area contributed by atoms with Gasteiger partial charge < -0.3 is 15.2 Å². The predicted octanol–water partition coefficient (Wildman–Crippen LogP) is 3.29. The molecule has 5 heteroatoms. The van der Waals surface area contributed by atoms with Crippen LogP contribution < -0.4 is 10.5 Å². The molecule has 2 aromatic rings. The summed E-state index contributed by atoms with van der Waals surface area (Å²) in [6.07, 6.45) is 0. The number of carbonyl (C=O) groups is 1. The number of nitrogen functional groups attached to an aromatic ring is 1. The average Bonchev–Trinajstić information content (AvgIpc) is 2.46. The first-order valence-electron chi connectivity index (χ1n) is 5.96. The molecule has 0 aliphatic carbocycles. The molecule has 0 aliphatic heterocycles. The molecule has 0 atom stereocenters. The van der Waals surface area contributed by atoms with Crippen molar-refractivity contribution in [1.82, 2.24) is 0 Å². The van der Waals surface area contributed by atoms with Crippen LogP contribution in [0.15, 0.2) is 42.5 Å². The number of esters is 1. The van der Waals surface area contributed by atoms with Gasteiger partial charge in [0.1, 0.15) is 12.2 Å².